The van der Waals surface area contributed by atoms with Gasteiger partial charge in [0.1, 0.15) is 11.6 Å². The summed E-state index contributed by atoms with van der Waals surface area (Å²) in [5.74, 6) is -2.17. The zero-order chi connectivity index (χ0) is 17.0. The van der Waals surface area contributed by atoms with Crippen molar-refractivity contribution in [3.8, 4) is 0 Å². The lowest BCUT2D eigenvalue weighted by Crippen LogP contribution is -2.39. The van der Waals surface area contributed by atoms with E-state index in [1.165, 1.54) is 6.92 Å². The van der Waals surface area contributed by atoms with E-state index in [4.69, 9.17) is 0 Å². The van der Waals surface area contributed by atoms with Gasteiger partial charge in [-0.05, 0) is 49.1 Å². The second-order valence-electron chi connectivity index (χ2n) is 5.56. The average Bonchev–Trinajstić information content (AvgIpc) is 2.52. The second-order valence-corrected chi connectivity index (χ2v) is 5.56. The largest absolute Gasteiger partial charge is 0.394 e. The Morgan fingerprint density at radius 2 is 1.83 bits per heavy atom. The van der Waals surface area contributed by atoms with Gasteiger partial charge in [-0.3, -0.25) is 4.79 Å². The van der Waals surface area contributed by atoms with Crippen molar-refractivity contribution in [1.82, 2.24) is 5.32 Å². The number of aliphatic hydroxyl groups is 1. The number of nitrogens with one attached hydrogen (secondary N) is 1. The Morgan fingerprint density at radius 1 is 1.13 bits per heavy atom. The summed E-state index contributed by atoms with van der Waals surface area (Å²) in [6.45, 7) is 3.06. The lowest BCUT2D eigenvalue weighted by Gasteiger charge is -2.18. The smallest absolute Gasteiger partial charge is 0.254 e. The van der Waals surface area contributed by atoms with Crippen LogP contribution in [0.2, 0.25) is 0 Å². The lowest BCUT2D eigenvalue weighted by molar-refractivity contribution is 0.0912. The number of rotatable bonds is 5. The molecule has 0 radical (unpaired) electrons. The van der Waals surface area contributed by atoms with Crippen LogP contribution < -0.4 is 5.32 Å². The molecular weight excluding hydrogens is 300 g/mol. The fourth-order valence-electron chi connectivity index (χ4n) is 2.35. The summed E-state index contributed by atoms with van der Waals surface area (Å²) in [4.78, 5) is 12.1. The predicted octanol–water partition coefficient (Wildman–Crippen LogP) is 2.92. The van der Waals surface area contributed by atoms with Crippen molar-refractivity contribution in [3.05, 3.63) is 70.3 Å². The number of aryl methyl sites for hydroxylation is 2. The van der Waals surface area contributed by atoms with Crippen LogP contribution in [0.5, 0.6) is 0 Å². The highest BCUT2D eigenvalue weighted by molar-refractivity contribution is 5.94. The van der Waals surface area contributed by atoms with Gasteiger partial charge in [0.05, 0.1) is 18.2 Å². The van der Waals surface area contributed by atoms with Crippen LogP contribution in [0.1, 0.15) is 27.0 Å². The molecule has 0 saturated carbocycles. The Balaban J connectivity index is 2.14. The Kier molecular flexibility index (Phi) is 5.45. The fraction of sp³-hybridized carbons (Fsp3) is 0.278. The molecule has 0 aliphatic rings. The molecule has 0 unspecified atom stereocenters. The first-order chi connectivity index (χ1) is 10.9. The first kappa shape index (κ1) is 17.1. The monoisotopic (exact) mass is 319 g/mol. The van der Waals surface area contributed by atoms with Crippen molar-refractivity contribution in [2.75, 3.05) is 6.61 Å². The van der Waals surface area contributed by atoms with Crippen molar-refractivity contribution in [1.29, 1.82) is 0 Å². The van der Waals surface area contributed by atoms with Gasteiger partial charge in [0.25, 0.3) is 5.91 Å². The van der Waals surface area contributed by atoms with Crippen molar-refractivity contribution in [3.63, 3.8) is 0 Å². The van der Waals surface area contributed by atoms with Crippen molar-refractivity contribution in [2.45, 2.75) is 26.3 Å². The van der Waals surface area contributed by atoms with E-state index in [0.29, 0.717) is 6.42 Å². The minimum Gasteiger partial charge on any atom is -0.394 e. The number of aliphatic hydroxyl groups excluding tert-OH is 1. The van der Waals surface area contributed by atoms with E-state index in [-0.39, 0.29) is 17.7 Å². The standard InChI is InChI=1S/C18H19F2NO2/c1-11-5-3-4-6-13(11)8-14(10-22)21-18(23)15-9-16(19)12(2)7-17(15)20/h3-7,9,14,22H,8,10H2,1-2H3,(H,21,23)/t14-/m1/s1. The Labute approximate surface area is 134 Å². The summed E-state index contributed by atoms with van der Waals surface area (Å²) in [5.41, 5.74) is 1.78. The van der Waals surface area contributed by atoms with Crippen LogP contribution in [0.25, 0.3) is 0 Å². The van der Waals surface area contributed by atoms with Crippen molar-refractivity contribution in [2.24, 2.45) is 0 Å². The maximum absolute atomic E-state index is 13.8. The quantitative estimate of drug-likeness (QED) is 0.890. The van der Waals surface area contributed by atoms with Gasteiger partial charge < -0.3 is 10.4 Å². The first-order valence-electron chi connectivity index (χ1n) is 7.34. The molecule has 1 atom stereocenters. The van der Waals surface area contributed by atoms with Gasteiger partial charge in [-0.1, -0.05) is 24.3 Å². The first-order valence-corrected chi connectivity index (χ1v) is 7.34. The molecule has 0 aliphatic heterocycles. The number of hydrogen-bond donors (Lipinski definition) is 2. The van der Waals surface area contributed by atoms with Crippen LogP contribution in [0, 0.1) is 25.5 Å². The molecule has 5 heteroatoms. The summed E-state index contributed by atoms with van der Waals surface area (Å²) < 4.78 is 27.4. The number of carbonyl (C=O) groups excluding carboxylic acids is 1. The van der Waals surface area contributed by atoms with Crippen LogP contribution >= 0.6 is 0 Å². The summed E-state index contributed by atoms with van der Waals surface area (Å²) in [7, 11) is 0. The van der Waals surface area contributed by atoms with Crippen LogP contribution in [-0.4, -0.2) is 23.7 Å². The van der Waals surface area contributed by atoms with Gasteiger partial charge in [0, 0.05) is 0 Å². The molecule has 2 rings (SSSR count). The lowest BCUT2D eigenvalue weighted by atomic mass is 10.0. The van der Waals surface area contributed by atoms with E-state index < -0.39 is 23.6 Å². The molecule has 122 valence electrons. The van der Waals surface area contributed by atoms with Crippen LogP contribution in [0.3, 0.4) is 0 Å². The fourth-order valence-corrected chi connectivity index (χ4v) is 2.35. The van der Waals surface area contributed by atoms with E-state index in [2.05, 4.69) is 5.32 Å². The normalized spacial score (nSPS) is 12.0. The highest BCUT2D eigenvalue weighted by Crippen LogP contribution is 2.15. The number of halogens is 2. The molecule has 0 fully saturated rings. The SMILES string of the molecule is Cc1cc(F)c(C(=O)N[C@@H](CO)Cc2ccccc2C)cc1F. The molecule has 0 aromatic heterocycles. The Bertz CT molecular complexity index is 716. The molecule has 0 bridgehead atoms. The van der Waals surface area contributed by atoms with Gasteiger partial charge in [-0.2, -0.15) is 0 Å². The van der Waals surface area contributed by atoms with Crippen LogP contribution in [0.4, 0.5) is 8.78 Å². The third-order valence-electron chi connectivity index (χ3n) is 3.78. The zero-order valence-corrected chi connectivity index (χ0v) is 13.1. The molecule has 0 heterocycles. The van der Waals surface area contributed by atoms with Crippen LogP contribution in [0.15, 0.2) is 36.4 Å². The highest BCUT2D eigenvalue weighted by atomic mass is 19.1. The molecule has 0 aliphatic carbocycles. The van der Waals surface area contributed by atoms with Crippen molar-refractivity contribution < 1.29 is 18.7 Å². The third-order valence-corrected chi connectivity index (χ3v) is 3.78. The minimum absolute atomic E-state index is 0.137. The molecule has 2 aromatic carbocycles. The highest BCUT2D eigenvalue weighted by Gasteiger charge is 2.19. The topological polar surface area (TPSA) is 49.3 Å². The van der Waals surface area contributed by atoms with Gasteiger partial charge in [-0.15, -0.1) is 0 Å². The van der Waals surface area contributed by atoms with Crippen LogP contribution in [-0.2, 0) is 6.42 Å². The Hall–Kier alpha value is -2.27. The maximum Gasteiger partial charge on any atom is 0.254 e. The molecule has 0 spiro atoms. The molecule has 0 saturated heterocycles. The van der Waals surface area contributed by atoms with Gasteiger partial charge >= 0.3 is 0 Å². The average molecular weight is 319 g/mol. The second kappa shape index (κ2) is 7.33. The molecule has 1 amide bonds. The van der Waals surface area contributed by atoms with Crippen molar-refractivity contribution >= 4 is 5.91 Å². The number of benzene rings is 2. The molecule has 23 heavy (non-hydrogen) atoms. The molecule has 2 aromatic rings. The van der Waals surface area contributed by atoms with E-state index >= 15 is 0 Å². The zero-order valence-electron chi connectivity index (χ0n) is 13.1. The third kappa shape index (κ3) is 4.13. The molecular formula is C18H19F2NO2. The van der Waals surface area contributed by atoms with E-state index in [1.54, 1.807) is 0 Å². The predicted molar refractivity (Wildman–Crippen MR) is 84.3 cm³/mol. The van der Waals surface area contributed by atoms with E-state index in [1.807, 2.05) is 31.2 Å². The van der Waals surface area contributed by atoms with Gasteiger partial charge in [-0.25, -0.2) is 8.78 Å². The summed E-state index contributed by atoms with van der Waals surface area (Å²) in [6, 6.07) is 8.88. The summed E-state index contributed by atoms with van der Waals surface area (Å²) in [5, 5.41) is 12.0. The Morgan fingerprint density at radius 3 is 2.48 bits per heavy atom. The minimum atomic E-state index is -0.783. The maximum atomic E-state index is 13.8. The molecule has 2 N–H and O–H groups in total. The summed E-state index contributed by atoms with van der Waals surface area (Å²) >= 11 is 0. The number of carbonyl (C=O) groups is 1. The summed E-state index contributed by atoms with van der Waals surface area (Å²) in [6.07, 6.45) is 0.408. The van der Waals surface area contributed by atoms with E-state index in [0.717, 1.165) is 23.3 Å². The van der Waals surface area contributed by atoms with E-state index in [9.17, 15) is 18.7 Å². The van der Waals surface area contributed by atoms with Gasteiger partial charge in [0.2, 0.25) is 0 Å². The number of amides is 1. The molecule has 3 nitrogen and oxygen atoms in total. The van der Waals surface area contributed by atoms with Gasteiger partial charge in [0.15, 0.2) is 0 Å². The number of hydrogen-bond acceptors (Lipinski definition) is 2.